The molecule has 0 spiro atoms. The molecule has 2 aromatic carbocycles. The van der Waals surface area contributed by atoms with Crippen LogP contribution in [0.15, 0.2) is 40.9 Å². The Morgan fingerprint density at radius 3 is 2.64 bits per heavy atom. The van der Waals surface area contributed by atoms with Gasteiger partial charge < -0.3 is 14.9 Å². The number of aromatic amines is 1. The smallest absolute Gasteiger partial charge is 0.214 e. The van der Waals surface area contributed by atoms with Gasteiger partial charge in [-0.15, -0.1) is 0 Å². The number of hydrogen-bond donors (Lipinski definition) is 2. The maximum atomic E-state index is 6.17. The van der Waals surface area contributed by atoms with Crippen LogP contribution in [0.1, 0.15) is 29.4 Å². The van der Waals surface area contributed by atoms with Gasteiger partial charge in [-0.25, -0.2) is 4.68 Å². The quantitative estimate of drug-likeness (QED) is 0.465. The van der Waals surface area contributed by atoms with Gasteiger partial charge in [0.2, 0.25) is 4.77 Å². The highest BCUT2D eigenvalue weighted by Gasteiger charge is 2.16. The van der Waals surface area contributed by atoms with Crippen LogP contribution in [0.2, 0.25) is 0 Å². The number of rotatable bonds is 8. The van der Waals surface area contributed by atoms with E-state index in [1.165, 1.54) is 5.56 Å². The lowest BCUT2D eigenvalue weighted by atomic mass is 10.1. The molecule has 0 bridgehead atoms. The van der Waals surface area contributed by atoms with Crippen LogP contribution in [-0.4, -0.2) is 22.0 Å². The van der Waals surface area contributed by atoms with Crippen LogP contribution in [0.3, 0.4) is 0 Å². The molecule has 0 atom stereocenters. The number of benzene rings is 2. The van der Waals surface area contributed by atoms with Crippen molar-refractivity contribution in [3.63, 3.8) is 0 Å². The van der Waals surface area contributed by atoms with E-state index in [-0.39, 0.29) is 0 Å². The van der Waals surface area contributed by atoms with E-state index in [2.05, 4.69) is 62.7 Å². The first-order valence-electron chi connectivity index (χ1n) is 8.97. The molecular weight excluding hydrogens is 440 g/mol. The average molecular weight is 463 g/mol. The van der Waals surface area contributed by atoms with Crippen LogP contribution in [0.4, 0.5) is 0 Å². The zero-order chi connectivity index (χ0) is 20.1. The van der Waals surface area contributed by atoms with Gasteiger partial charge in [-0.05, 0) is 36.8 Å². The van der Waals surface area contributed by atoms with Crippen molar-refractivity contribution < 1.29 is 9.47 Å². The first-order valence-corrected chi connectivity index (χ1v) is 10.2. The van der Waals surface area contributed by atoms with E-state index in [0.717, 1.165) is 27.8 Å². The van der Waals surface area contributed by atoms with Gasteiger partial charge in [0.1, 0.15) is 6.61 Å². The highest BCUT2D eigenvalue weighted by atomic mass is 79.9. The van der Waals surface area contributed by atoms with Crippen molar-refractivity contribution in [2.45, 2.75) is 33.4 Å². The summed E-state index contributed by atoms with van der Waals surface area (Å²) in [6, 6.07) is 12.1. The number of nitrogens with zero attached hydrogens (tertiary/aromatic N) is 2. The SMILES string of the molecule is CCc1n[nH]c(=S)n1NCc1c(Br)ccc(OC)c1OCc1ccc(C)cc1. The number of ether oxygens (including phenoxy) is 2. The Labute approximate surface area is 178 Å². The van der Waals surface area contributed by atoms with E-state index in [0.29, 0.717) is 29.4 Å². The molecule has 0 saturated carbocycles. The number of hydrogen-bond acceptors (Lipinski definition) is 5. The molecule has 0 saturated heterocycles. The van der Waals surface area contributed by atoms with Gasteiger partial charge in [-0.2, -0.15) is 5.10 Å². The van der Waals surface area contributed by atoms with Gasteiger partial charge in [-0.3, -0.25) is 5.10 Å². The molecule has 0 amide bonds. The Morgan fingerprint density at radius 1 is 1.21 bits per heavy atom. The molecule has 6 nitrogen and oxygen atoms in total. The fourth-order valence-corrected chi connectivity index (χ4v) is 3.46. The molecule has 0 fully saturated rings. The molecule has 1 heterocycles. The average Bonchev–Trinajstić information content (AvgIpc) is 3.06. The van der Waals surface area contributed by atoms with Gasteiger partial charge in [0.25, 0.3) is 0 Å². The highest BCUT2D eigenvalue weighted by molar-refractivity contribution is 9.10. The van der Waals surface area contributed by atoms with Gasteiger partial charge >= 0.3 is 0 Å². The molecule has 28 heavy (non-hydrogen) atoms. The third kappa shape index (κ3) is 4.56. The second-order valence-electron chi connectivity index (χ2n) is 6.30. The van der Waals surface area contributed by atoms with Crippen LogP contribution in [-0.2, 0) is 19.6 Å². The van der Waals surface area contributed by atoms with Crippen molar-refractivity contribution in [3.05, 3.63) is 68.2 Å². The number of H-pyrrole nitrogens is 1. The zero-order valence-electron chi connectivity index (χ0n) is 16.1. The summed E-state index contributed by atoms with van der Waals surface area (Å²) in [5.74, 6) is 2.21. The Hall–Kier alpha value is -2.32. The Balaban J connectivity index is 1.86. The number of aryl methyl sites for hydroxylation is 2. The Kier molecular flexibility index (Phi) is 6.74. The van der Waals surface area contributed by atoms with Crippen molar-refractivity contribution in [2.24, 2.45) is 0 Å². The van der Waals surface area contributed by atoms with Gasteiger partial charge in [0.15, 0.2) is 17.3 Å². The summed E-state index contributed by atoms with van der Waals surface area (Å²) < 4.78 is 14.9. The molecule has 0 radical (unpaired) electrons. The zero-order valence-corrected chi connectivity index (χ0v) is 18.5. The monoisotopic (exact) mass is 462 g/mol. The lowest BCUT2D eigenvalue weighted by Gasteiger charge is -2.18. The van der Waals surface area contributed by atoms with Crippen molar-refractivity contribution >= 4 is 28.1 Å². The summed E-state index contributed by atoms with van der Waals surface area (Å²) in [5.41, 5.74) is 6.58. The van der Waals surface area contributed by atoms with E-state index < -0.39 is 0 Å². The Morgan fingerprint density at radius 2 is 1.96 bits per heavy atom. The lowest BCUT2D eigenvalue weighted by molar-refractivity contribution is 0.281. The number of aromatic nitrogens is 3. The summed E-state index contributed by atoms with van der Waals surface area (Å²) in [5, 5.41) is 7.04. The molecule has 3 rings (SSSR count). The van der Waals surface area contributed by atoms with Crippen LogP contribution >= 0.6 is 28.1 Å². The molecule has 1 aromatic heterocycles. The number of nitrogens with one attached hydrogen (secondary N) is 2. The molecule has 148 valence electrons. The predicted molar refractivity (Wildman–Crippen MR) is 116 cm³/mol. The maximum Gasteiger partial charge on any atom is 0.214 e. The largest absolute Gasteiger partial charge is 0.493 e. The first kappa shape index (κ1) is 20.4. The van der Waals surface area contributed by atoms with E-state index in [9.17, 15) is 0 Å². The van der Waals surface area contributed by atoms with Crippen molar-refractivity contribution in [1.29, 1.82) is 0 Å². The molecule has 8 heteroatoms. The van der Waals surface area contributed by atoms with Crippen LogP contribution in [0, 0.1) is 11.7 Å². The highest BCUT2D eigenvalue weighted by Crippen LogP contribution is 2.37. The second-order valence-corrected chi connectivity index (χ2v) is 7.54. The van der Waals surface area contributed by atoms with Gasteiger partial charge in [-0.1, -0.05) is 52.7 Å². The van der Waals surface area contributed by atoms with Crippen molar-refractivity contribution in [3.8, 4) is 11.5 Å². The predicted octanol–water partition coefficient (Wildman–Crippen LogP) is 4.91. The first-order chi connectivity index (χ1) is 13.5. The molecule has 3 aromatic rings. The summed E-state index contributed by atoms with van der Waals surface area (Å²) in [4.78, 5) is 0. The van der Waals surface area contributed by atoms with Crippen LogP contribution < -0.4 is 14.9 Å². The van der Waals surface area contributed by atoms with Gasteiger partial charge in [0.05, 0.1) is 13.7 Å². The fourth-order valence-electron chi connectivity index (χ4n) is 2.79. The molecular formula is C20H23BrN4O2S. The van der Waals surface area contributed by atoms with Gasteiger partial charge in [0, 0.05) is 16.5 Å². The topological polar surface area (TPSA) is 64.1 Å². The minimum atomic E-state index is 0.450. The number of methoxy groups -OCH3 is 1. The molecule has 0 aliphatic rings. The summed E-state index contributed by atoms with van der Waals surface area (Å²) in [6.07, 6.45) is 0.760. The van der Waals surface area contributed by atoms with E-state index in [1.807, 2.05) is 19.1 Å². The minimum Gasteiger partial charge on any atom is -0.493 e. The third-order valence-corrected chi connectivity index (χ3v) is 5.38. The lowest BCUT2D eigenvalue weighted by Crippen LogP contribution is -2.18. The van der Waals surface area contributed by atoms with E-state index >= 15 is 0 Å². The number of halogens is 1. The molecule has 2 N–H and O–H groups in total. The summed E-state index contributed by atoms with van der Waals surface area (Å²) in [7, 11) is 1.64. The third-order valence-electron chi connectivity index (χ3n) is 4.36. The maximum absolute atomic E-state index is 6.17. The molecule has 0 aliphatic heterocycles. The Bertz CT molecular complexity index is 998. The van der Waals surface area contributed by atoms with E-state index in [1.54, 1.807) is 11.8 Å². The standard InChI is InChI=1S/C20H23BrN4O2S/c1-4-18-23-24-20(28)25(18)22-11-15-16(21)9-10-17(26-3)19(15)27-12-14-7-5-13(2)6-8-14/h5-10,22H,4,11-12H2,1-3H3,(H,24,28). The van der Waals surface area contributed by atoms with Crippen molar-refractivity contribution in [1.82, 2.24) is 14.9 Å². The van der Waals surface area contributed by atoms with E-state index in [4.69, 9.17) is 21.7 Å². The second kappa shape index (κ2) is 9.25. The summed E-state index contributed by atoms with van der Waals surface area (Å²) >= 11 is 8.94. The van der Waals surface area contributed by atoms with Crippen LogP contribution in [0.25, 0.3) is 0 Å². The summed E-state index contributed by atoms with van der Waals surface area (Å²) in [6.45, 7) is 5.03. The normalized spacial score (nSPS) is 10.7. The minimum absolute atomic E-state index is 0.450. The molecule has 0 aliphatic carbocycles. The molecule has 0 unspecified atom stereocenters. The fraction of sp³-hybridized carbons (Fsp3) is 0.300. The van der Waals surface area contributed by atoms with Crippen LogP contribution in [0.5, 0.6) is 11.5 Å². The van der Waals surface area contributed by atoms with Crippen molar-refractivity contribution in [2.75, 3.05) is 12.5 Å².